The van der Waals surface area contributed by atoms with Crippen LogP contribution in [0.5, 0.6) is 0 Å². The van der Waals surface area contributed by atoms with Gasteiger partial charge in [0.1, 0.15) is 48.8 Å². The van der Waals surface area contributed by atoms with Crippen LogP contribution in [0, 0.1) is 0 Å². The van der Waals surface area contributed by atoms with E-state index in [0.717, 1.165) is 83.5 Å². The molecule has 2 saturated heterocycles. The molecule has 562 valence electrons. The van der Waals surface area contributed by atoms with Crippen molar-refractivity contribution in [2.75, 3.05) is 19.8 Å². The fraction of sp³-hybridized carbons (Fsp3) is 0.866. The minimum Gasteiger partial charge on any atom is -0.394 e. The minimum atomic E-state index is -1.78. The van der Waals surface area contributed by atoms with Crippen LogP contribution in [0.2, 0.25) is 0 Å². The monoisotopic (exact) mass is 1360 g/mol. The van der Waals surface area contributed by atoms with E-state index in [1.807, 2.05) is 0 Å². The van der Waals surface area contributed by atoms with Crippen molar-refractivity contribution in [1.29, 1.82) is 0 Å². The van der Waals surface area contributed by atoms with E-state index in [4.69, 9.17) is 18.9 Å². The Balaban J connectivity index is 1.60. The van der Waals surface area contributed by atoms with Crippen molar-refractivity contribution in [3.05, 3.63) is 60.8 Å². The molecule has 0 aromatic heterocycles. The van der Waals surface area contributed by atoms with Crippen molar-refractivity contribution < 1.29 is 64.6 Å². The van der Waals surface area contributed by atoms with Gasteiger partial charge in [0.15, 0.2) is 12.6 Å². The van der Waals surface area contributed by atoms with Gasteiger partial charge >= 0.3 is 0 Å². The van der Waals surface area contributed by atoms with E-state index in [1.165, 1.54) is 250 Å². The molecule has 0 spiro atoms. The van der Waals surface area contributed by atoms with E-state index >= 15 is 0 Å². The van der Waals surface area contributed by atoms with Gasteiger partial charge in [-0.3, -0.25) is 4.79 Å². The highest BCUT2D eigenvalue weighted by molar-refractivity contribution is 5.76. The molecule has 2 aliphatic heterocycles. The molecular weight excluding hydrogens is 1210 g/mol. The fourth-order valence-electron chi connectivity index (χ4n) is 13.4. The summed E-state index contributed by atoms with van der Waals surface area (Å²) in [6, 6.07) is -0.833. The lowest BCUT2D eigenvalue weighted by Crippen LogP contribution is -2.65. The summed E-state index contributed by atoms with van der Waals surface area (Å²) in [4.78, 5) is 13.4. The second kappa shape index (κ2) is 66.0. The Morgan fingerprint density at radius 1 is 0.385 bits per heavy atom. The molecule has 2 aliphatic rings. The highest BCUT2D eigenvalue weighted by atomic mass is 16.7. The predicted octanol–water partition coefficient (Wildman–Crippen LogP) is 18.4. The third-order valence-corrected chi connectivity index (χ3v) is 19.7. The van der Waals surface area contributed by atoms with Crippen LogP contribution in [0.4, 0.5) is 0 Å². The van der Waals surface area contributed by atoms with Crippen molar-refractivity contribution in [2.45, 2.75) is 434 Å². The molecular formula is C82H151NO13. The molecule has 0 bridgehead atoms. The zero-order valence-electron chi connectivity index (χ0n) is 61.6. The van der Waals surface area contributed by atoms with E-state index in [2.05, 4.69) is 79.9 Å². The average Bonchev–Trinajstić information content (AvgIpc) is 0.797. The fourth-order valence-corrected chi connectivity index (χ4v) is 13.4. The molecule has 0 aromatic rings. The third kappa shape index (κ3) is 48.5. The molecule has 1 amide bonds. The van der Waals surface area contributed by atoms with Gasteiger partial charge in [-0.2, -0.15) is 0 Å². The summed E-state index contributed by atoms with van der Waals surface area (Å²) in [6.45, 7) is 2.81. The number of aliphatic hydroxyl groups excluding tert-OH is 8. The van der Waals surface area contributed by atoms with Gasteiger partial charge in [0.05, 0.1) is 32.0 Å². The van der Waals surface area contributed by atoms with E-state index in [1.54, 1.807) is 0 Å². The average molecular weight is 1360 g/mol. The molecule has 96 heavy (non-hydrogen) atoms. The highest BCUT2D eigenvalue weighted by Gasteiger charge is 2.51. The normalized spacial score (nSPS) is 22.5. The number of carbonyl (C=O) groups excluding carboxylic acids is 1. The van der Waals surface area contributed by atoms with Crippen LogP contribution in [-0.2, 0) is 23.7 Å². The zero-order chi connectivity index (χ0) is 69.4. The second-order valence-electron chi connectivity index (χ2n) is 28.5. The molecule has 9 N–H and O–H groups in total. The number of carbonyl (C=O) groups is 1. The number of ether oxygens (including phenoxy) is 4. The molecule has 14 heteroatoms. The van der Waals surface area contributed by atoms with Crippen LogP contribution in [-0.4, -0.2) is 140 Å². The van der Waals surface area contributed by atoms with E-state index in [9.17, 15) is 45.6 Å². The second-order valence-corrected chi connectivity index (χ2v) is 28.5. The van der Waals surface area contributed by atoms with Crippen LogP contribution in [0.25, 0.3) is 0 Å². The summed E-state index contributed by atoms with van der Waals surface area (Å²) in [5.41, 5.74) is 0. The lowest BCUT2D eigenvalue weighted by molar-refractivity contribution is -0.359. The van der Waals surface area contributed by atoms with E-state index in [0.29, 0.717) is 12.8 Å². The molecule has 0 aromatic carbocycles. The third-order valence-electron chi connectivity index (χ3n) is 19.7. The number of nitrogens with one attached hydrogen (secondary N) is 1. The first-order valence-electron chi connectivity index (χ1n) is 40.5. The zero-order valence-corrected chi connectivity index (χ0v) is 61.6. The summed E-state index contributed by atoms with van der Waals surface area (Å²) < 4.78 is 23.0. The smallest absolute Gasteiger partial charge is 0.220 e. The van der Waals surface area contributed by atoms with Gasteiger partial charge in [-0.1, -0.05) is 357 Å². The maximum Gasteiger partial charge on any atom is 0.220 e. The number of aliphatic hydroxyl groups is 8. The molecule has 2 rings (SSSR count). The van der Waals surface area contributed by atoms with E-state index in [-0.39, 0.29) is 12.5 Å². The number of unbranched alkanes of at least 4 members (excludes halogenated alkanes) is 45. The summed E-state index contributed by atoms with van der Waals surface area (Å²) >= 11 is 0. The number of hydrogen-bond donors (Lipinski definition) is 9. The molecule has 2 heterocycles. The quantitative estimate of drug-likeness (QED) is 0.0204. The highest BCUT2D eigenvalue weighted by Crippen LogP contribution is 2.30. The van der Waals surface area contributed by atoms with Gasteiger partial charge in [-0.05, 0) is 57.8 Å². The molecule has 0 aliphatic carbocycles. The van der Waals surface area contributed by atoms with Crippen molar-refractivity contribution in [3.63, 3.8) is 0 Å². The summed E-state index contributed by atoms with van der Waals surface area (Å²) in [6.07, 6.45) is 72.6. The van der Waals surface area contributed by atoms with Crippen molar-refractivity contribution >= 4 is 5.91 Å². The van der Waals surface area contributed by atoms with Crippen LogP contribution in [0.1, 0.15) is 361 Å². The van der Waals surface area contributed by atoms with Crippen molar-refractivity contribution in [2.24, 2.45) is 0 Å². The Bertz CT molecular complexity index is 1840. The standard InChI is InChI=1S/C82H151NO13/c1-3-5-7-9-11-13-15-17-19-21-23-25-27-29-31-33-35-37-39-41-43-45-47-49-51-53-55-57-59-61-63-65-71(86)70(69-93-81-79(92)77(90)80(73(68-85)95-81)96-82-78(91)76(89)75(88)72(67-84)94-82)83-74(87)66-64-62-60-58-56-54-52-50-48-46-44-42-40-38-36-34-32-30-28-26-24-22-20-18-16-14-12-10-8-6-4-2/h6,8,12,14,18,20,24,26,30,32,70-73,75-82,84-86,88-92H,3-5,7,9-11,13,15-17,19,21-23,25,27-29,31,33-69H2,1-2H3,(H,83,87)/b8-6-,14-12-,20-18-,26-24-,32-30-. The van der Waals surface area contributed by atoms with Gasteiger partial charge in [0, 0.05) is 6.42 Å². The Morgan fingerprint density at radius 2 is 0.719 bits per heavy atom. The number of rotatable bonds is 68. The van der Waals surface area contributed by atoms with Crippen LogP contribution in [0.15, 0.2) is 60.8 Å². The first kappa shape index (κ1) is 89.8. The van der Waals surface area contributed by atoms with Gasteiger partial charge in [0.2, 0.25) is 5.91 Å². The lowest BCUT2D eigenvalue weighted by Gasteiger charge is -2.46. The topological polar surface area (TPSA) is 228 Å². The molecule has 14 nitrogen and oxygen atoms in total. The molecule has 12 unspecified atom stereocenters. The Hall–Kier alpha value is -2.31. The molecule has 0 saturated carbocycles. The van der Waals surface area contributed by atoms with Gasteiger partial charge in [-0.15, -0.1) is 0 Å². The molecule has 0 radical (unpaired) electrons. The lowest BCUT2D eigenvalue weighted by atomic mass is 9.97. The Labute approximate surface area is 587 Å². The Morgan fingerprint density at radius 3 is 1.10 bits per heavy atom. The summed E-state index contributed by atoms with van der Waals surface area (Å²) in [5.74, 6) is -0.203. The largest absolute Gasteiger partial charge is 0.394 e. The number of allylic oxidation sites excluding steroid dienone is 10. The van der Waals surface area contributed by atoms with Crippen molar-refractivity contribution in [3.8, 4) is 0 Å². The van der Waals surface area contributed by atoms with Crippen molar-refractivity contribution in [1.82, 2.24) is 5.32 Å². The van der Waals surface area contributed by atoms with Gasteiger partial charge < -0.3 is 65.1 Å². The Kier molecular flexibility index (Phi) is 61.7. The number of amides is 1. The first-order chi connectivity index (χ1) is 47.1. The predicted molar refractivity (Wildman–Crippen MR) is 397 cm³/mol. The molecule has 2 fully saturated rings. The minimum absolute atomic E-state index is 0.203. The maximum absolute atomic E-state index is 13.4. The SMILES string of the molecule is CC/C=C\C/C=C\C/C=C\C/C=C\C/C=C\CCCCCCCCCCCCCCCCCC(=O)NC(COC1OC(CO)C(OC2OC(CO)C(O)C(O)C2O)C(O)C1O)C(O)CCCCCCCCCCCCCCCCCCCCCCCCCCCCCCCCC. The summed E-state index contributed by atoms with van der Waals surface area (Å²) in [5, 5.41) is 87.9. The maximum atomic E-state index is 13.4. The van der Waals surface area contributed by atoms with Gasteiger partial charge in [-0.25, -0.2) is 0 Å². The number of hydrogen-bond acceptors (Lipinski definition) is 13. The van der Waals surface area contributed by atoms with Crippen LogP contribution < -0.4 is 5.32 Å². The summed E-state index contributed by atoms with van der Waals surface area (Å²) in [7, 11) is 0. The van der Waals surface area contributed by atoms with Gasteiger partial charge in [0.25, 0.3) is 0 Å². The van der Waals surface area contributed by atoms with Crippen LogP contribution >= 0.6 is 0 Å². The van der Waals surface area contributed by atoms with Crippen LogP contribution in [0.3, 0.4) is 0 Å². The first-order valence-corrected chi connectivity index (χ1v) is 40.5. The van der Waals surface area contributed by atoms with E-state index < -0.39 is 86.8 Å². The molecule has 12 atom stereocenters.